The second-order valence-electron chi connectivity index (χ2n) is 15.5. The first-order valence-corrected chi connectivity index (χ1v) is 20.4. The third-order valence-electron chi connectivity index (χ3n) is 10.2. The van der Waals surface area contributed by atoms with Crippen LogP contribution in [-0.2, 0) is 32.2 Å². The molecule has 8 N–H and O–H groups in total. The first-order chi connectivity index (χ1) is 28.5. The SMILES string of the molecule is CC(O)C(=O)N(CC1CNCC1F)C(c1nc(-c2cc(F)ccc2F)cn1Cc1ccccc1)C(C)(C)CC(=O)NCCOCCn1c(O)cc(SCC(N)C(=O)O)c1O. The Bertz CT molecular complexity index is 2100. The van der Waals surface area contributed by atoms with Crippen LogP contribution >= 0.6 is 11.8 Å². The Balaban J connectivity index is 1.37. The third-order valence-corrected chi connectivity index (χ3v) is 11.4. The number of aliphatic hydroxyl groups excluding tert-OH is 1. The van der Waals surface area contributed by atoms with Gasteiger partial charge in [0.1, 0.15) is 35.8 Å². The highest BCUT2D eigenvalue weighted by molar-refractivity contribution is 7.99. The van der Waals surface area contributed by atoms with Gasteiger partial charge in [-0.25, -0.2) is 18.2 Å². The lowest BCUT2D eigenvalue weighted by Gasteiger charge is -2.43. The average molecular weight is 860 g/mol. The summed E-state index contributed by atoms with van der Waals surface area (Å²) in [7, 11) is 0. The van der Waals surface area contributed by atoms with Crippen molar-refractivity contribution in [1.29, 1.82) is 0 Å². The van der Waals surface area contributed by atoms with Crippen LogP contribution in [-0.4, -0.2) is 121 Å². The molecule has 5 rings (SSSR count). The van der Waals surface area contributed by atoms with Crippen LogP contribution in [0, 0.1) is 23.0 Å². The van der Waals surface area contributed by atoms with Crippen molar-refractivity contribution in [3.05, 3.63) is 83.8 Å². The molecular weight excluding hydrogens is 808 g/mol. The van der Waals surface area contributed by atoms with Gasteiger partial charge in [0.2, 0.25) is 11.8 Å². The number of nitrogens with zero attached hydrogens (tertiary/aromatic N) is 4. The van der Waals surface area contributed by atoms with Crippen LogP contribution in [0.2, 0.25) is 0 Å². The van der Waals surface area contributed by atoms with Gasteiger partial charge < -0.3 is 51.0 Å². The molecule has 2 aromatic carbocycles. The van der Waals surface area contributed by atoms with Crippen molar-refractivity contribution in [1.82, 2.24) is 29.7 Å². The number of aliphatic hydroxyl groups is 1. The minimum atomic E-state index is -1.52. The van der Waals surface area contributed by atoms with Gasteiger partial charge in [0.15, 0.2) is 5.88 Å². The molecule has 0 spiro atoms. The fourth-order valence-corrected chi connectivity index (χ4v) is 8.09. The van der Waals surface area contributed by atoms with Gasteiger partial charge in [-0.3, -0.25) is 19.0 Å². The van der Waals surface area contributed by atoms with E-state index in [2.05, 4.69) is 10.6 Å². The van der Waals surface area contributed by atoms with Gasteiger partial charge in [-0.1, -0.05) is 44.2 Å². The number of hydrogen-bond acceptors (Lipinski definition) is 11. The topological polar surface area (TPSA) is 217 Å². The number of carbonyl (C=O) groups is 3. The summed E-state index contributed by atoms with van der Waals surface area (Å²) in [6.45, 7) is 5.27. The lowest BCUT2D eigenvalue weighted by molar-refractivity contribution is -0.147. The highest BCUT2D eigenvalue weighted by Crippen LogP contribution is 2.43. The zero-order valence-electron chi connectivity index (χ0n) is 33.6. The minimum absolute atomic E-state index is 0.0261. The Labute approximate surface area is 349 Å². The van der Waals surface area contributed by atoms with E-state index in [1.165, 1.54) is 22.5 Å². The summed E-state index contributed by atoms with van der Waals surface area (Å²) in [5, 5.41) is 46.3. The van der Waals surface area contributed by atoms with Crippen molar-refractivity contribution in [3.8, 4) is 23.0 Å². The fourth-order valence-electron chi connectivity index (χ4n) is 7.16. The van der Waals surface area contributed by atoms with E-state index in [1.54, 1.807) is 24.6 Å². The number of rotatable bonds is 21. The predicted octanol–water partition coefficient (Wildman–Crippen LogP) is 3.65. The van der Waals surface area contributed by atoms with Gasteiger partial charge in [0, 0.05) is 74.1 Å². The second kappa shape index (κ2) is 20.5. The number of benzene rings is 2. The second-order valence-corrected chi connectivity index (χ2v) is 16.5. The molecule has 19 heteroatoms. The van der Waals surface area contributed by atoms with E-state index < -0.39 is 65.1 Å². The van der Waals surface area contributed by atoms with Crippen LogP contribution in [0.5, 0.6) is 11.8 Å². The Kier molecular flexibility index (Phi) is 15.7. The quantitative estimate of drug-likeness (QED) is 0.0472. The number of amides is 2. The van der Waals surface area contributed by atoms with E-state index in [-0.39, 0.29) is 98.4 Å². The lowest BCUT2D eigenvalue weighted by Crippen LogP contribution is -2.50. The van der Waals surface area contributed by atoms with E-state index in [0.29, 0.717) is 0 Å². The molecule has 60 heavy (non-hydrogen) atoms. The van der Waals surface area contributed by atoms with E-state index in [0.717, 1.165) is 35.5 Å². The van der Waals surface area contributed by atoms with Gasteiger partial charge >= 0.3 is 5.97 Å². The highest BCUT2D eigenvalue weighted by Gasteiger charge is 2.45. The standard InChI is InChI=1S/C41H52F3N7O8S/c1-24(52)38(55)51(21-26-18-46-19-30(26)44)36(37-48-32(28-15-27(42)9-10-29(28)43)22-49(37)20-25-7-5-4-6-8-25)41(2,3)17-34(53)47-11-13-59-14-12-50-35(54)16-33(39(50)56)60-23-31(45)40(57)58/h4-10,15-16,22,24,26,30-31,36,46,52,54,56H,11-14,17-21,23,45H2,1-3H3,(H,47,53)(H,57,58). The number of ether oxygens (including phenoxy) is 1. The maximum absolute atomic E-state index is 15.3. The van der Waals surface area contributed by atoms with Gasteiger partial charge in [0.05, 0.1) is 36.4 Å². The number of aliphatic carboxylic acids is 1. The van der Waals surface area contributed by atoms with Crippen LogP contribution in [0.25, 0.3) is 11.3 Å². The van der Waals surface area contributed by atoms with Crippen LogP contribution in [0.3, 0.4) is 0 Å². The van der Waals surface area contributed by atoms with E-state index in [4.69, 9.17) is 20.6 Å². The number of carboxylic acids is 1. The number of hydrogen-bond donors (Lipinski definition) is 7. The summed E-state index contributed by atoms with van der Waals surface area (Å²) in [6.07, 6.45) is -1.49. The Morgan fingerprint density at radius 2 is 1.85 bits per heavy atom. The molecule has 0 saturated carbocycles. The molecule has 2 amide bonds. The number of aromatic hydroxyl groups is 2. The van der Waals surface area contributed by atoms with Gasteiger partial charge in [-0.2, -0.15) is 0 Å². The van der Waals surface area contributed by atoms with Gasteiger partial charge in [-0.15, -0.1) is 11.8 Å². The van der Waals surface area contributed by atoms with Crippen molar-refractivity contribution in [2.75, 3.05) is 45.1 Å². The molecule has 5 atom stereocenters. The highest BCUT2D eigenvalue weighted by atomic mass is 32.2. The molecule has 0 radical (unpaired) electrons. The van der Waals surface area contributed by atoms with Crippen LogP contribution in [0.15, 0.2) is 65.7 Å². The smallest absolute Gasteiger partial charge is 0.321 e. The molecular formula is C41H52F3N7O8S. The molecule has 1 aliphatic heterocycles. The van der Waals surface area contributed by atoms with E-state index in [1.807, 2.05) is 30.3 Å². The van der Waals surface area contributed by atoms with Gasteiger partial charge in [0.25, 0.3) is 5.91 Å². The number of alkyl halides is 1. The Hall–Kier alpha value is -5.08. The number of carbonyl (C=O) groups excluding carboxylic acids is 2. The number of nitrogens with one attached hydrogen (secondary N) is 2. The summed E-state index contributed by atoms with van der Waals surface area (Å²) >= 11 is 0.976. The summed E-state index contributed by atoms with van der Waals surface area (Å²) in [5.41, 5.74) is 5.10. The third kappa shape index (κ3) is 11.6. The molecule has 0 aliphatic carbocycles. The van der Waals surface area contributed by atoms with E-state index in [9.17, 15) is 34.1 Å². The lowest BCUT2D eigenvalue weighted by atomic mass is 9.78. The van der Waals surface area contributed by atoms with Crippen molar-refractivity contribution in [2.24, 2.45) is 17.1 Å². The monoisotopic (exact) mass is 859 g/mol. The molecule has 1 aliphatic rings. The molecule has 1 fully saturated rings. The number of thioether (sulfide) groups is 1. The summed E-state index contributed by atoms with van der Waals surface area (Å²) in [5.74, 6) is -4.83. The van der Waals surface area contributed by atoms with Crippen molar-refractivity contribution in [3.63, 3.8) is 0 Å². The molecule has 3 heterocycles. The molecule has 326 valence electrons. The number of halogens is 3. The Morgan fingerprint density at radius 3 is 2.52 bits per heavy atom. The summed E-state index contributed by atoms with van der Waals surface area (Å²) < 4.78 is 53.5. The van der Waals surface area contributed by atoms with Gasteiger partial charge in [-0.05, 0) is 30.7 Å². The molecule has 1 saturated heterocycles. The van der Waals surface area contributed by atoms with Crippen molar-refractivity contribution in [2.45, 2.75) is 69.5 Å². The number of aromatic nitrogens is 3. The van der Waals surface area contributed by atoms with Crippen molar-refractivity contribution < 1.29 is 52.7 Å². The summed E-state index contributed by atoms with van der Waals surface area (Å²) in [4.78, 5) is 45.1. The van der Waals surface area contributed by atoms with E-state index >= 15 is 8.78 Å². The molecule has 2 aromatic heterocycles. The van der Waals surface area contributed by atoms with Crippen LogP contribution < -0.4 is 16.4 Å². The first-order valence-electron chi connectivity index (χ1n) is 19.4. The first kappa shape index (κ1) is 46.0. The minimum Gasteiger partial charge on any atom is -0.494 e. The normalized spacial score (nSPS) is 17.0. The largest absolute Gasteiger partial charge is 0.494 e. The fraction of sp³-hybridized carbons (Fsp3) is 0.463. The maximum atomic E-state index is 15.3. The molecule has 15 nitrogen and oxygen atoms in total. The zero-order chi connectivity index (χ0) is 43.7. The van der Waals surface area contributed by atoms with Crippen LogP contribution in [0.4, 0.5) is 13.2 Å². The predicted molar refractivity (Wildman–Crippen MR) is 217 cm³/mol. The Morgan fingerprint density at radius 1 is 1.12 bits per heavy atom. The zero-order valence-corrected chi connectivity index (χ0v) is 34.4. The average Bonchev–Trinajstić information content (AvgIpc) is 3.87. The molecule has 4 aromatic rings. The molecule has 0 bridgehead atoms. The number of nitrogens with two attached hydrogens (primary N) is 1. The van der Waals surface area contributed by atoms with Crippen molar-refractivity contribution >= 4 is 29.5 Å². The summed E-state index contributed by atoms with van der Waals surface area (Å²) in [6, 6.07) is 11.2. The van der Waals surface area contributed by atoms with Crippen LogP contribution in [0.1, 0.15) is 44.6 Å². The number of imidazole rings is 1. The number of carboxylic acid groups (broad SMARTS) is 1. The maximum Gasteiger partial charge on any atom is 0.321 e. The molecule has 5 unspecified atom stereocenters.